The minimum atomic E-state index is -0.408. The van der Waals surface area contributed by atoms with Crippen molar-refractivity contribution in [1.29, 1.82) is 0 Å². The number of halogens is 2. The number of aromatic nitrogens is 1. The van der Waals surface area contributed by atoms with Crippen LogP contribution in [0.15, 0.2) is 12.3 Å². The average Bonchev–Trinajstić information content (AvgIpc) is 2.17. The van der Waals surface area contributed by atoms with Crippen LogP contribution in [0.4, 0.5) is 10.2 Å². The molecule has 0 aliphatic heterocycles. The molecule has 0 aliphatic rings. The van der Waals surface area contributed by atoms with Crippen molar-refractivity contribution in [2.75, 3.05) is 18.5 Å². The molecule has 5 heteroatoms. The fraction of sp³-hybridized carbons (Fsp3) is 0.500. The summed E-state index contributed by atoms with van der Waals surface area (Å²) in [5, 5.41) is 0.302. The van der Waals surface area contributed by atoms with Crippen LogP contribution >= 0.6 is 11.6 Å². The molecule has 1 rings (SSSR count). The molecule has 1 aromatic rings. The molecular formula is C10H15ClFN3. The van der Waals surface area contributed by atoms with Gasteiger partial charge in [-0.25, -0.2) is 9.37 Å². The number of nitrogens with two attached hydrogens (primary N) is 1. The molecule has 0 radical (unpaired) electrons. The van der Waals surface area contributed by atoms with Crippen molar-refractivity contribution in [3.8, 4) is 0 Å². The van der Waals surface area contributed by atoms with E-state index in [0.29, 0.717) is 17.4 Å². The Morgan fingerprint density at radius 3 is 2.87 bits per heavy atom. The molecule has 3 nitrogen and oxygen atoms in total. The molecule has 15 heavy (non-hydrogen) atoms. The van der Waals surface area contributed by atoms with Crippen molar-refractivity contribution in [1.82, 2.24) is 4.98 Å². The zero-order valence-corrected chi connectivity index (χ0v) is 9.63. The average molecular weight is 232 g/mol. The maximum Gasteiger partial charge on any atom is 0.167 e. The van der Waals surface area contributed by atoms with Gasteiger partial charge < -0.3 is 10.6 Å². The molecule has 1 unspecified atom stereocenters. The van der Waals surface area contributed by atoms with Gasteiger partial charge >= 0.3 is 0 Å². The van der Waals surface area contributed by atoms with Gasteiger partial charge in [0, 0.05) is 19.3 Å². The van der Waals surface area contributed by atoms with E-state index in [2.05, 4.69) is 4.98 Å². The van der Waals surface area contributed by atoms with E-state index < -0.39 is 5.82 Å². The van der Waals surface area contributed by atoms with Crippen molar-refractivity contribution >= 4 is 17.4 Å². The fourth-order valence-electron chi connectivity index (χ4n) is 1.31. The zero-order valence-electron chi connectivity index (χ0n) is 8.87. The first-order valence-corrected chi connectivity index (χ1v) is 5.18. The maximum absolute atomic E-state index is 13.5. The highest BCUT2D eigenvalue weighted by Crippen LogP contribution is 2.20. The molecule has 0 bridgehead atoms. The third-order valence-corrected chi connectivity index (χ3v) is 2.57. The van der Waals surface area contributed by atoms with Crippen LogP contribution in [0.25, 0.3) is 0 Å². The number of nitrogens with zero attached hydrogens (tertiary/aromatic N) is 2. The van der Waals surface area contributed by atoms with Crippen molar-refractivity contribution in [2.45, 2.75) is 19.4 Å². The molecule has 84 valence electrons. The molecule has 1 atom stereocenters. The Morgan fingerprint density at radius 1 is 1.67 bits per heavy atom. The zero-order chi connectivity index (χ0) is 11.4. The minimum absolute atomic E-state index is 0.151. The lowest BCUT2D eigenvalue weighted by Gasteiger charge is -2.25. The number of anilines is 1. The second-order valence-corrected chi connectivity index (χ2v) is 3.93. The second-order valence-electron chi connectivity index (χ2n) is 3.50. The van der Waals surface area contributed by atoms with Crippen molar-refractivity contribution < 1.29 is 4.39 Å². The maximum atomic E-state index is 13.5. The van der Waals surface area contributed by atoms with E-state index in [0.717, 1.165) is 6.42 Å². The largest absolute Gasteiger partial charge is 0.354 e. The van der Waals surface area contributed by atoms with E-state index in [-0.39, 0.29) is 6.04 Å². The number of hydrogen-bond acceptors (Lipinski definition) is 3. The van der Waals surface area contributed by atoms with Gasteiger partial charge in [-0.2, -0.15) is 0 Å². The van der Waals surface area contributed by atoms with Crippen LogP contribution in [0.5, 0.6) is 0 Å². The van der Waals surface area contributed by atoms with Crippen LogP contribution in [0.3, 0.4) is 0 Å². The van der Waals surface area contributed by atoms with Crippen molar-refractivity contribution in [3.05, 3.63) is 23.1 Å². The summed E-state index contributed by atoms with van der Waals surface area (Å²) in [7, 11) is 1.79. The van der Waals surface area contributed by atoms with E-state index >= 15 is 0 Å². The van der Waals surface area contributed by atoms with Gasteiger partial charge in [0.15, 0.2) is 11.6 Å². The summed E-state index contributed by atoms with van der Waals surface area (Å²) < 4.78 is 13.5. The Labute approximate surface area is 94.0 Å². The third kappa shape index (κ3) is 3.04. The van der Waals surface area contributed by atoms with E-state index in [9.17, 15) is 4.39 Å². The predicted molar refractivity (Wildman–Crippen MR) is 60.7 cm³/mol. The third-order valence-electron chi connectivity index (χ3n) is 2.37. The van der Waals surface area contributed by atoms with Crippen LogP contribution in [-0.4, -0.2) is 24.6 Å². The monoisotopic (exact) mass is 231 g/mol. The van der Waals surface area contributed by atoms with Crippen molar-refractivity contribution in [3.63, 3.8) is 0 Å². The summed E-state index contributed by atoms with van der Waals surface area (Å²) >= 11 is 5.62. The summed E-state index contributed by atoms with van der Waals surface area (Å²) in [5.41, 5.74) is 5.45. The van der Waals surface area contributed by atoms with E-state index in [1.807, 2.05) is 6.92 Å². The SMILES string of the molecule is CC(CCN)N(C)c1ncc(Cl)cc1F. The van der Waals surface area contributed by atoms with Gasteiger partial charge in [0.25, 0.3) is 0 Å². The van der Waals surface area contributed by atoms with Crippen LogP contribution < -0.4 is 10.6 Å². The highest BCUT2D eigenvalue weighted by molar-refractivity contribution is 6.30. The molecule has 0 saturated heterocycles. The Kier molecular flexibility index (Phi) is 4.29. The van der Waals surface area contributed by atoms with Gasteiger partial charge in [-0.1, -0.05) is 11.6 Å². The molecule has 0 aliphatic carbocycles. The first-order valence-electron chi connectivity index (χ1n) is 4.80. The van der Waals surface area contributed by atoms with Crippen LogP contribution in [-0.2, 0) is 0 Å². The van der Waals surface area contributed by atoms with Crippen LogP contribution in [0.2, 0.25) is 5.02 Å². The molecule has 0 fully saturated rings. The summed E-state index contributed by atoms with van der Waals surface area (Å²) in [6, 6.07) is 1.41. The van der Waals surface area contributed by atoms with Gasteiger partial charge in [0.05, 0.1) is 5.02 Å². The lowest BCUT2D eigenvalue weighted by molar-refractivity contribution is 0.581. The summed E-state index contributed by atoms with van der Waals surface area (Å²) in [5.74, 6) is -0.103. The van der Waals surface area contributed by atoms with Gasteiger partial charge in [-0.15, -0.1) is 0 Å². The molecular weight excluding hydrogens is 217 g/mol. The predicted octanol–water partition coefficient (Wildman–Crippen LogP) is 2.05. The topological polar surface area (TPSA) is 42.1 Å². The summed E-state index contributed by atoms with van der Waals surface area (Å²) in [6.45, 7) is 2.54. The quantitative estimate of drug-likeness (QED) is 0.863. The number of hydrogen-bond donors (Lipinski definition) is 1. The molecule has 1 aromatic heterocycles. The lowest BCUT2D eigenvalue weighted by atomic mass is 10.2. The summed E-state index contributed by atoms with van der Waals surface area (Å²) in [4.78, 5) is 5.72. The number of pyridine rings is 1. The van der Waals surface area contributed by atoms with Crippen LogP contribution in [0, 0.1) is 5.82 Å². The fourth-order valence-corrected chi connectivity index (χ4v) is 1.46. The highest BCUT2D eigenvalue weighted by atomic mass is 35.5. The van der Waals surface area contributed by atoms with E-state index in [4.69, 9.17) is 17.3 Å². The Bertz CT molecular complexity index is 332. The van der Waals surface area contributed by atoms with Gasteiger partial charge in [0.2, 0.25) is 0 Å². The minimum Gasteiger partial charge on any atom is -0.354 e. The highest BCUT2D eigenvalue weighted by Gasteiger charge is 2.14. The Balaban J connectivity index is 2.86. The van der Waals surface area contributed by atoms with Gasteiger partial charge in [0.1, 0.15) is 0 Å². The molecule has 2 N–H and O–H groups in total. The van der Waals surface area contributed by atoms with E-state index in [1.165, 1.54) is 12.3 Å². The molecule has 0 amide bonds. The Hall–Kier alpha value is -0.870. The van der Waals surface area contributed by atoms with Gasteiger partial charge in [-0.05, 0) is 26.0 Å². The van der Waals surface area contributed by atoms with E-state index in [1.54, 1.807) is 11.9 Å². The molecule has 1 heterocycles. The smallest absolute Gasteiger partial charge is 0.167 e. The Morgan fingerprint density at radius 2 is 2.33 bits per heavy atom. The molecule has 0 saturated carbocycles. The van der Waals surface area contributed by atoms with Crippen LogP contribution in [0.1, 0.15) is 13.3 Å². The second kappa shape index (κ2) is 5.28. The normalized spacial score (nSPS) is 12.6. The lowest BCUT2D eigenvalue weighted by Crippen LogP contribution is -2.32. The van der Waals surface area contributed by atoms with Gasteiger partial charge in [-0.3, -0.25) is 0 Å². The standard InChI is InChI=1S/C10H15ClFN3/c1-7(3-4-13)15(2)10-9(12)5-8(11)6-14-10/h5-7H,3-4,13H2,1-2H3. The molecule has 0 aromatic carbocycles. The van der Waals surface area contributed by atoms with Crippen molar-refractivity contribution in [2.24, 2.45) is 5.73 Å². The summed E-state index contributed by atoms with van der Waals surface area (Å²) in [6.07, 6.45) is 2.23. The number of rotatable bonds is 4. The first-order chi connectivity index (χ1) is 7.06. The molecule has 0 spiro atoms. The first kappa shape index (κ1) is 12.2.